The van der Waals surface area contributed by atoms with E-state index in [0.717, 1.165) is 12.8 Å². The van der Waals surface area contributed by atoms with Crippen LogP contribution in [0.3, 0.4) is 0 Å². The molecule has 5 heteroatoms. The maximum atomic E-state index is 11.4. The van der Waals surface area contributed by atoms with Crippen LogP contribution in [0, 0.1) is 12.3 Å². The third-order valence-electron chi connectivity index (χ3n) is 1.88. The number of aromatic nitrogens is 2. The Kier molecular flexibility index (Phi) is 5.30. The standard InChI is InChI=1S/C11H12ClN3O/c1-2-3-4-5-6-11(16)15-10-7-9(12)13-8-14-10/h1,7-8H,3-6H2,(H,13,14,15,16). The molecular weight excluding hydrogens is 226 g/mol. The minimum absolute atomic E-state index is 0.0909. The molecule has 84 valence electrons. The fraction of sp³-hybridized carbons (Fsp3) is 0.364. The van der Waals surface area contributed by atoms with Crippen molar-refractivity contribution in [2.75, 3.05) is 5.32 Å². The monoisotopic (exact) mass is 237 g/mol. The molecule has 0 saturated heterocycles. The zero-order chi connectivity index (χ0) is 11.8. The van der Waals surface area contributed by atoms with Crippen LogP contribution >= 0.6 is 11.6 Å². The van der Waals surface area contributed by atoms with E-state index in [4.69, 9.17) is 18.0 Å². The molecule has 1 heterocycles. The summed E-state index contributed by atoms with van der Waals surface area (Å²) in [5.74, 6) is 2.86. The van der Waals surface area contributed by atoms with E-state index in [1.165, 1.54) is 12.4 Å². The number of carbonyl (C=O) groups excluding carboxylic acids is 1. The van der Waals surface area contributed by atoms with Crippen LogP contribution in [-0.4, -0.2) is 15.9 Å². The van der Waals surface area contributed by atoms with Crippen LogP contribution in [0.25, 0.3) is 0 Å². The molecule has 0 aliphatic carbocycles. The Morgan fingerprint density at radius 2 is 2.31 bits per heavy atom. The molecule has 0 aromatic carbocycles. The van der Waals surface area contributed by atoms with Crippen molar-refractivity contribution in [3.8, 4) is 12.3 Å². The number of amides is 1. The van der Waals surface area contributed by atoms with Gasteiger partial charge in [0.15, 0.2) is 0 Å². The van der Waals surface area contributed by atoms with Gasteiger partial charge in [0.2, 0.25) is 5.91 Å². The number of halogens is 1. The van der Waals surface area contributed by atoms with E-state index in [1.807, 2.05) is 0 Å². The molecule has 0 fully saturated rings. The Hall–Kier alpha value is -1.60. The van der Waals surface area contributed by atoms with Crippen molar-refractivity contribution in [3.63, 3.8) is 0 Å². The number of anilines is 1. The number of nitrogens with zero attached hydrogens (tertiary/aromatic N) is 2. The van der Waals surface area contributed by atoms with Gasteiger partial charge < -0.3 is 5.32 Å². The van der Waals surface area contributed by atoms with E-state index in [0.29, 0.717) is 23.8 Å². The van der Waals surface area contributed by atoms with E-state index in [-0.39, 0.29) is 5.91 Å². The van der Waals surface area contributed by atoms with Crippen LogP contribution in [0.1, 0.15) is 25.7 Å². The fourth-order valence-corrected chi connectivity index (χ4v) is 1.27. The number of terminal acetylenes is 1. The molecule has 4 nitrogen and oxygen atoms in total. The topological polar surface area (TPSA) is 54.9 Å². The van der Waals surface area contributed by atoms with Crippen molar-refractivity contribution in [2.45, 2.75) is 25.7 Å². The second-order valence-electron chi connectivity index (χ2n) is 3.19. The molecule has 1 aromatic heterocycles. The Morgan fingerprint density at radius 3 is 3.00 bits per heavy atom. The van der Waals surface area contributed by atoms with Gasteiger partial charge in [-0.3, -0.25) is 4.79 Å². The molecular formula is C11H12ClN3O. The summed E-state index contributed by atoms with van der Waals surface area (Å²) >= 11 is 5.65. The smallest absolute Gasteiger partial charge is 0.225 e. The number of unbranched alkanes of at least 4 members (excludes halogenated alkanes) is 2. The maximum absolute atomic E-state index is 11.4. The van der Waals surface area contributed by atoms with Gasteiger partial charge in [0.25, 0.3) is 0 Å². The number of carbonyl (C=O) groups is 1. The van der Waals surface area contributed by atoms with Crippen LogP contribution in [0.15, 0.2) is 12.4 Å². The zero-order valence-corrected chi connectivity index (χ0v) is 9.50. The average Bonchev–Trinajstić information content (AvgIpc) is 2.24. The lowest BCUT2D eigenvalue weighted by Gasteiger charge is -2.03. The van der Waals surface area contributed by atoms with Gasteiger partial charge in [-0.25, -0.2) is 9.97 Å². The van der Waals surface area contributed by atoms with Crippen LogP contribution in [0.5, 0.6) is 0 Å². The van der Waals surface area contributed by atoms with Gasteiger partial charge in [-0.05, 0) is 12.8 Å². The Morgan fingerprint density at radius 1 is 1.50 bits per heavy atom. The molecule has 1 aromatic rings. The van der Waals surface area contributed by atoms with E-state index in [9.17, 15) is 4.79 Å². The first kappa shape index (κ1) is 12.5. The van der Waals surface area contributed by atoms with Gasteiger partial charge in [-0.1, -0.05) is 11.6 Å². The third kappa shape index (κ3) is 4.76. The normalized spacial score (nSPS) is 9.50. The van der Waals surface area contributed by atoms with Crippen molar-refractivity contribution < 1.29 is 4.79 Å². The van der Waals surface area contributed by atoms with Gasteiger partial charge in [-0.15, -0.1) is 12.3 Å². The summed E-state index contributed by atoms with van der Waals surface area (Å²) < 4.78 is 0. The predicted octanol–water partition coefficient (Wildman–Crippen LogP) is 2.26. The Bertz CT molecular complexity index is 400. The molecule has 0 unspecified atom stereocenters. The Labute approximate surface area is 99.4 Å². The summed E-state index contributed by atoms with van der Waals surface area (Å²) in [5, 5.41) is 2.94. The SMILES string of the molecule is C#CCCCCC(=O)Nc1cc(Cl)ncn1. The van der Waals surface area contributed by atoms with Crippen LogP contribution in [0.2, 0.25) is 5.15 Å². The van der Waals surface area contributed by atoms with E-state index < -0.39 is 0 Å². The molecule has 0 spiro atoms. The van der Waals surface area contributed by atoms with Crippen molar-refractivity contribution >= 4 is 23.3 Å². The Balaban J connectivity index is 2.32. The summed E-state index contributed by atoms with van der Waals surface area (Å²) in [6, 6.07) is 1.50. The quantitative estimate of drug-likeness (QED) is 0.486. The van der Waals surface area contributed by atoms with Gasteiger partial charge >= 0.3 is 0 Å². The third-order valence-corrected chi connectivity index (χ3v) is 2.08. The number of nitrogens with one attached hydrogen (secondary N) is 1. The maximum Gasteiger partial charge on any atom is 0.225 e. The highest BCUT2D eigenvalue weighted by Gasteiger charge is 2.03. The van der Waals surface area contributed by atoms with Gasteiger partial charge in [0, 0.05) is 18.9 Å². The second-order valence-corrected chi connectivity index (χ2v) is 3.57. The van der Waals surface area contributed by atoms with Crippen LogP contribution in [-0.2, 0) is 4.79 Å². The minimum atomic E-state index is -0.0909. The number of hydrogen-bond acceptors (Lipinski definition) is 3. The summed E-state index contributed by atoms with van der Waals surface area (Å²) in [7, 11) is 0. The minimum Gasteiger partial charge on any atom is -0.311 e. The van der Waals surface area contributed by atoms with Crippen LogP contribution in [0.4, 0.5) is 5.82 Å². The molecule has 1 rings (SSSR count). The average molecular weight is 238 g/mol. The lowest BCUT2D eigenvalue weighted by atomic mass is 10.2. The first-order valence-corrected chi connectivity index (χ1v) is 5.31. The van der Waals surface area contributed by atoms with Gasteiger partial charge in [-0.2, -0.15) is 0 Å². The molecule has 0 aliphatic heterocycles. The highest BCUT2D eigenvalue weighted by Crippen LogP contribution is 2.09. The highest BCUT2D eigenvalue weighted by molar-refractivity contribution is 6.29. The van der Waals surface area contributed by atoms with Gasteiger partial charge in [0.05, 0.1) is 0 Å². The largest absolute Gasteiger partial charge is 0.311 e. The van der Waals surface area contributed by atoms with Crippen molar-refractivity contribution in [1.29, 1.82) is 0 Å². The fourth-order valence-electron chi connectivity index (χ4n) is 1.12. The van der Waals surface area contributed by atoms with E-state index in [2.05, 4.69) is 21.2 Å². The summed E-state index contributed by atoms with van der Waals surface area (Å²) in [4.78, 5) is 19.0. The highest BCUT2D eigenvalue weighted by atomic mass is 35.5. The van der Waals surface area contributed by atoms with Crippen molar-refractivity contribution in [2.24, 2.45) is 0 Å². The number of rotatable bonds is 5. The van der Waals surface area contributed by atoms with Crippen molar-refractivity contribution in [3.05, 3.63) is 17.5 Å². The molecule has 0 atom stereocenters. The first-order chi connectivity index (χ1) is 7.72. The molecule has 1 amide bonds. The molecule has 0 saturated carbocycles. The molecule has 1 N–H and O–H groups in total. The van der Waals surface area contributed by atoms with Gasteiger partial charge in [0.1, 0.15) is 17.3 Å². The summed E-state index contributed by atoms with van der Waals surface area (Å²) in [5.41, 5.74) is 0. The predicted molar refractivity (Wildman–Crippen MR) is 63.0 cm³/mol. The van der Waals surface area contributed by atoms with E-state index >= 15 is 0 Å². The summed E-state index contributed by atoms with van der Waals surface area (Å²) in [6.45, 7) is 0. The summed E-state index contributed by atoms with van der Waals surface area (Å²) in [6.07, 6.45) is 9.17. The second kappa shape index (κ2) is 6.81. The molecule has 0 bridgehead atoms. The van der Waals surface area contributed by atoms with Crippen LogP contribution < -0.4 is 5.32 Å². The lowest BCUT2D eigenvalue weighted by molar-refractivity contribution is -0.116. The van der Waals surface area contributed by atoms with E-state index in [1.54, 1.807) is 0 Å². The first-order valence-electron chi connectivity index (χ1n) is 4.93. The lowest BCUT2D eigenvalue weighted by Crippen LogP contribution is -2.12. The number of hydrogen-bond donors (Lipinski definition) is 1. The van der Waals surface area contributed by atoms with Crippen molar-refractivity contribution in [1.82, 2.24) is 9.97 Å². The molecule has 16 heavy (non-hydrogen) atoms. The zero-order valence-electron chi connectivity index (χ0n) is 8.74. The molecule has 0 aliphatic rings. The molecule has 0 radical (unpaired) electrons.